The Morgan fingerprint density at radius 2 is 1.76 bits per heavy atom. The van der Waals surface area contributed by atoms with Gasteiger partial charge in [0.1, 0.15) is 11.4 Å². The van der Waals surface area contributed by atoms with Crippen LogP contribution in [0.5, 0.6) is 0 Å². The maximum absolute atomic E-state index is 7.64. The molecule has 3 fully saturated rings. The Bertz CT molecular complexity index is 892. The van der Waals surface area contributed by atoms with Crippen LogP contribution < -0.4 is 21.7 Å². The number of aromatic nitrogens is 4. The molecule has 3 aliphatic rings. The Balaban J connectivity index is 0.000000398. The lowest BCUT2D eigenvalue weighted by Crippen LogP contribution is -2.30. The summed E-state index contributed by atoms with van der Waals surface area (Å²) in [5.41, 5.74) is 7.83. The quantitative estimate of drug-likeness (QED) is 0.401. The Kier molecular flexibility index (Phi) is 9.05. The average Bonchev–Trinajstić information content (AvgIpc) is 3.37. The van der Waals surface area contributed by atoms with Crippen molar-refractivity contribution in [2.45, 2.75) is 57.0 Å². The molecule has 1 aliphatic carbocycles. The number of hydrogen-bond donors (Lipinski definition) is 5. The van der Waals surface area contributed by atoms with Crippen LogP contribution in [-0.2, 0) is 9.47 Å². The summed E-state index contributed by atoms with van der Waals surface area (Å²) < 4.78 is 12.4. The lowest BCUT2D eigenvalue weighted by atomic mass is 9.95. The molecule has 2 aliphatic heterocycles. The minimum Gasteiger partial charge on any atom is -0.394 e. The van der Waals surface area contributed by atoms with Gasteiger partial charge in [-0.05, 0) is 25.7 Å². The predicted molar refractivity (Wildman–Crippen MR) is 133 cm³/mol. The van der Waals surface area contributed by atoms with Crippen molar-refractivity contribution >= 4 is 29.4 Å². The Labute approximate surface area is 200 Å². The van der Waals surface area contributed by atoms with Gasteiger partial charge in [-0.15, -0.1) is 0 Å². The highest BCUT2D eigenvalue weighted by atomic mass is 16.5. The van der Waals surface area contributed by atoms with Crippen LogP contribution in [0, 0.1) is 5.41 Å². The smallest absolute Gasteiger partial charge is 0.230 e. The summed E-state index contributed by atoms with van der Waals surface area (Å²) in [6.07, 6.45) is 12.8. The van der Waals surface area contributed by atoms with Crippen LogP contribution in [0.2, 0.25) is 0 Å². The molecule has 34 heavy (non-hydrogen) atoms. The van der Waals surface area contributed by atoms with E-state index in [-0.39, 0.29) is 0 Å². The number of nitrogens with zero attached hydrogens (tertiary/aromatic N) is 4. The monoisotopic (exact) mass is 471 g/mol. The topological polar surface area (TPSA) is 148 Å². The van der Waals surface area contributed by atoms with E-state index < -0.39 is 0 Å². The molecule has 186 valence electrons. The number of nitrogens with one attached hydrogen (secondary N) is 4. The molecule has 5 rings (SSSR count). The van der Waals surface area contributed by atoms with E-state index in [1.807, 2.05) is 10.9 Å². The number of rotatable bonds is 6. The molecule has 0 aromatic carbocycles. The summed E-state index contributed by atoms with van der Waals surface area (Å²) in [6, 6.07) is 0.728. The molecule has 6 N–H and O–H groups in total. The number of nitrogen functional groups attached to an aromatic ring is 1. The van der Waals surface area contributed by atoms with E-state index in [0.717, 1.165) is 70.9 Å². The zero-order chi connectivity index (χ0) is 23.6. The van der Waals surface area contributed by atoms with Gasteiger partial charge < -0.3 is 36.6 Å². The van der Waals surface area contributed by atoms with Crippen LogP contribution in [0.15, 0.2) is 12.4 Å². The minimum atomic E-state index is 0.359. The zero-order valence-electron chi connectivity index (χ0n) is 19.8. The molecule has 4 heterocycles. The maximum atomic E-state index is 7.64. The number of anilines is 4. The first-order chi connectivity index (χ1) is 16.7. The van der Waals surface area contributed by atoms with Gasteiger partial charge >= 0.3 is 0 Å². The summed E-state index contributed by atoms with van der Waals surface area (Å²) in [5, 5.41) is 21.9. The van der Waals surface area contributed by atoms with Crippen LogP contribution in [0.25, 0.3) is 0 Å². The standard InChI is InChI=1S/C19H28N8O.C4H9NO/c20-10-16-17(21)18(23-13-4-2-1-3-5-13)26-19(25-16)24-14-11-22-27(12-14)15-6-8-28-9-7-15;1-3-6-4-2-5-1/h10-13,15,20H,1-9,21H2,(H2,23,24,25,26);5H,1-4H2. The van der Waals surface area contributed by atoms with Crippen LogP contribution in [0.3, 0.4) is 0 Å². The second kappa shape index (κ2) is 12.6. The van der Waals surface area contributed by atoms with Gasteiger partial charge in [-0.3, -0.25) is 4.68 Å². The average molecular weight is 472 g/mol. The van der Waals surface area contributed by atoms with Gasteiger partial charge in [0.2, 0.25) is 5.95 Å². The van der Waals surface area contributed by atoms with Gasteiger partial charge in [-0.1, -0.05) is 19.3 Å². The molecule has 0 amide bonds. The van der Waals surface area contributed by atoms with E-state index in [9.17, 15) is 0 Å². The van der Waals surface area contributed by atoms with Crippen LogP contribution in [0.1, 0.15) is 56.7 Å². The fourth-order valence-corrected chi connectivity index (χ4v) is 4.40. The maximum Gasteiger partial charge on any atom is 0.230 e. The molecular weight excluding hydrogens is 434 g/mol. The summed E-state index contributed by atoms with van der Waals surface area (Å²) in [4.78, 5) is 8.95. The highest BCUT2D eigenvalue weighted by Crippen LogP contribution is 2.27. The third kappa shape index (κ3) is 6.87. The molecule has 0 atom stereocenters. The fraction of sp³-hybridized carbons (Fsp3) is 0.652. The summed E-state index contributed by atoms with van der Waals surface area (Å²) in [6.45, 7) is 5.38. The second-order valence-electron chi connectivity index (χ2n) is 8.86. The molecular formula is C23H37N9O2. The van der Waals surface area contributed by atoms with E-state index in [1.54, 1.807) is 6.20 Å². The first kappa shape index (κ1) is 24.4. The van der Waals surface area contributed by atoms with Crippen LogP contribution >= 0.6 is 0 Å². The van der Waals surface area contributed by atoms with Crippen molar-refractivity contribution < 1.29 is 9.47 Å². The summed E-state index contributed by atoms with van der Waals surface area (Å²) in [7, 11) is 0. The minimum absolute atomic E-state index is 0.359. The van der Waals surface area contributed by atoms with Crippen molar-refractivity contribution in [3.63, 3.8) is 0 Å². The number of ether oxygens (including phenoxy) is 2. The van der Waals surface area contributed by atoms with Crippen molar-refractivity contribution in [3.8, 4) is 0 Å². The highest BCUT2D eigenvalue weighted by molar-refractivity contribution is 5.87. The Morgan fingerprint density at radius 1 is 1.03 bits per heavy atom. The molecule has 0 unspecified atom stereocenters. The van der Waals surface area contributed by atoms with Gasteiger partial charge in [-0.2, -0.15) is 10.1 Å². The largest absolute Gasteiger partial charge is 0.394 e. The molecule has 1 saturated carbocycles. The highest BCUT2D eigenvalue weighted by Gasteiger charge is 2.19. The van der Waals surface area contributed by atoms with Crippen molar-refractivity contribution in [1.29, 1.82) is 5.41 Å². The molecule has 2 saturated heterocycles. The fourth-order valence-electron chi connectivity index (χ4n) is 4.40. The van der Waals surface area contributed by atoms with E-state index in [4.69, 9.17) is 20.6 Å². The molecule has 2 aromatic rings. The van der Waals surface area contributed by atoms with Gasteiger partial charge in [0, 0.05) is 44.8 Å². The number of nitrogens with two attached hydrogens (primary N) is 1. The Morgan fingerprint density at radius 3 is 2.41 bits per heavy atom. The first-order valence-electron chi connectivity index (χ1n) is 12.3. The number of hydrogen-bond acceptors (Lipinski definition) is 10. The molecule has 11 heteroatoms. The lowest BCUT2D eigenvalue weighted by molar-refractivity contribution is 0.0662. The van der Waals surface area contributed by atoms with Crippen LogP contribution in [-0.4, -0.2) is 71.5 Å². The van der Waals surface area contributed by atoms with Gasteiger partial charge in [0.25, 0.3) is 0 Å². The van der Waals surface area contributed by atoms with Gasteiger partial charge in [0.15, 0.2) is 5.82 Å². The van der Waals surface area contributed by atoms with E-state index in [2.05, 4.69) is 31.0 Å². The zero-order valence-corrected chi connectivity index (χ0v) is 19.8. The number of morpholine rings is 1. The van der Waals surface area contributed by atoms with E-state index in [1.165, 1.54) is 25.5 Å². The summed E-state index contributed by atoms with van der Waals surface area (Å²) in [5.74, 6) is 1.01. The molecule has 0 bridgehead atoms. The van der Waals surface area contributed by atoms with Gasteiger partial charge in [0.05, 0.1) is 31.1 Å². The van der Waals surface area contributed by atoms with Crippen LogP contribution in [0.4, 0.5) is 23.1 Å². The first-order valence-corrected chi connectivity index (χ1v) is 12.3. The Hall–Kier alpha value is -2.76. The van der Waals surface area contributed by atoms with Crippen molar-refractivity contribution in [2.24, 2.45) is 0 Å². The second-order valence-corrected chi connectivity index (χ2v) is 8.86. The van der Waals surface area contributed by atoms with Gasteiger partial charge in [-0.25, -0.2) is 4.98 Å². The van der Waals surface area contributed by atoms with E-state index >= 15 is 0 Å². The van der Waals surface area contributed by atoms with Crippen molar-refractivity contribution in [3.05, 3.63) is 18.1 Å². The molecule has 0 spiro atoms. The molecule has 11 nitrogen and oxygen atoms in total. The third-order valence-corrected chi connectivity index (χ3v) is 6.33. The third-order valence-electron chi connectivity index (χ3n) is 6.33. The van der Waals surface area contributed by atoms with E-state index in [0.29, 0.717) is 35.2 Å². The molecule has 2 aromatic heterocycles. The van der Waals surface area contributed by atoms with Crippen molar-refractivity contribution in [1.82, 2.24) is 25.1 Å². The molecule has 0 radical (unpaired) electrons. The SMILES string of the molecule is C1COCCN1.N=Cc1nc(Nc2cnn(C3CCOCC3)c2)nc(NC2CCCCC2)c1N. The predicted octanol–water partition coefficient (Wildman–Crippen LogP) is 2.70. The summed E-state index contributed by atoms with van der Waals surface area (Å²) >= 11 is 0. The lowest BCUT2D eigenvalue weighted by Gasteiger charge is -2.24. The van der Waals surface area contributed by atoms with Crippen molar-refractivity contribution in [2.75, 3.05) is 55.9 Å². The normalized spacial score (nSPS) is 19.6.